The summed E-state index contributed by atoms with van der Waals surface area (Å²) in [6.45, 7) is 3.72. The summed E-state index contributed by atoms with van der Waals surface area (Å²) in [6, 6.07) is 0. The number of nitrogens with two attached hydrogens (primary N) is 1. The molecular weight excluding hydrogens is 144 g/mol. The van der Waals surface area contributed by atoms with Crippen LogP contribution in [-0.4, -0.2) is 36.8 Å². The van der Waals surface area contributed by atoms with E-state index < -0.39 is 5.54 Å². The molecule has 4 heteroatoms. The highest BCUT2D eigenvalue weighted by molar-refractivity contribution is 5.23. The minimum absolute atomic E-state index is 0.0309. The summed E-state index contributed by atoms with van der Waals surface area (Å²) in [7, 11) is 0. The van der Waals surface area contributed by atoms with Gasteiger partial charge in [0.15, 0.2) is 0 Å². The van der Waals surface area contributed by atoms with Gasteiger partial charge in [0.25, 0.3) is 0 Å². The Balaban J connectivity index is 2.40. The van der Waals surface area contributed by atoms with Crippen molar-refractivity contribution in [2.75, 3.05) is 13.2 Å². The minimum atomic E-state index is -0.554. The molecule has 0 aliphatic carbocycles. The van der Waals surface area contributed by atoms with E-state index in [0.29, 0.717) is 6.61 Å². The molecule has 1 fully saturated rings. The molecule has 0 saturated carbocycles. The topological polar surface area (TPSA) is 67.8 Å². The van der Waals surface area contributed by atoms with Crippen LogP contribution in [-0.2, 0) is 4.74 Å². The van der Waals surface area contributed by atoms with E-state index in [9.17, 15) is 0 Å². The van der Waals surface area contributed by atoms with Gasteiger partial charge in [0.05, 0.1) is 18.8 Å². The van der Waals surface area contributed by atoms with Crippen LogP contribution in [0.15, 0.2) is 4.99 Å². The molecule has 1 aliphatic heterocycles. The van der Waals surface area contributed by atoms with Gasteiger partial charge >= 0.3 is 0 Å². The fourth-order valence-corrected chi connectivity index (χ4v) is 1.10. The van der Waals surface area contributed by atoms with Crippen molar-refractivity contribution in [3.05, 3.63) is 0 Å². The molecule has 0 amide bonds. The highest BCUT2D eigenvalue weighted by Gasteiger charge is 2.31. The molecule has 4 nitrogen and oxygen atoms in total. The van der Waals surface area contributed by atoms with Crippen molar-refractivity contribution >= 4 is 6.72 Å². The number of rotatable bonds is 2. The Bertz CT molecular complexity index is 141. The lowest BCUT2D eigenvalue weighted by Crippen LogP contribution is -2.52. The van der Waals surface area contributed by atoms with Crippen LogP contribution in [0.25, 0.3) is 0 Å². The Hall–Kier alpha value is -0.450. The molecule has 0 unspecified atom stereocenters. The molecule has 0 aromatic carbocycles. The number of aliphatic imine (C=N–C) groups is 1. The number of aliphatic hydroxyl groups excluding tert-OH is 1. The Morgan fingerprint density at radius 1 is 1.82 bits per heavy atom. The molecular formula is C7H14N2O2. The van der Waals surface area contributed by atoms with Crippen molar-refractivity contribution in [1.29, 1.82) is 0 Å². The van der Waals surface area contributed by atoms with E-state index in [1.807, 2.05) is 0 Å². The van der Waals surface area contributed by atoms with Crippen molar-refractivity contribution in [1.82, 2.24) is 0 Å². The predicted molar refractivity (Wildman–Crippen MR) is 42.5 cm³/mol. The Labute approximate surface area is 66.1 Å². The number of ether oxygens (including phenoxy) is 1. The Morgan fingerprint density at radius 3 is 2.91 bits per heavy atom. The lowest BCUT2D eigenvalue weighted by Gasteiger charge is -2.33. The zero-order valence-electron chi connectivity index (χ0n) is 6.49. The van der Waals surface area contributed by atoms with Gasteiger partial charge < -0.3 is 15.6 Å². The minimum Gasteiger partial charge on any atom is -0.394 e. The molecule has 1 saturated heterocycles. The fraction of sp³-hybridized carbons (Fsp3) is 0.857. The van der Waals surface area contributed by atoms with Crippen LogP contribution in [0.4, 0.5) is 0 Å². The molecule has 0 aromatic rings. The van der Waals surface area contributed by atoms with Gasteiger partial charge in [-0.05, 0) is 19.6 Å². The highest BCUT2D eigenvalue weighted by atomic mass is 16.5. The summed E-state index contributed by atoms with van der Waals surface area (Å²) in [5.74, 6) is 0. The fourth-order valence-electron chi connectivity index (χ4n) is 1.10. The van der Waals surface area contributed by atoms with E-state index in [4.69, 9.17) is 15.6 Å². The first-order valence-corrected chi connectivity index (χ1v) is 3.67. The monoisotopic (exact) mass is 158 g/mol. The van der Waals surface area contributed by atoms with Gasteiger partial charge in [0, 0.05) is 0 Å². The lowest BCUT2D eigenvalue weighted by molar-refractivity contribution is -0.0382. The van der Waals surface area contributed by atoms with Gasteiger partial charge in [0.1, 0.15) is 6.23 Å². The van der Waals surface area contributed by atoms with Gasteiger partial charge in [-0.15, -0.1) is 0 Å². The molecule has 0 aromatic heterocycles. The summed E-state index contributed by atoms with van der Waals surface area (Å²) in [5, 5.41) is 8.86. The predicted octanol–water partition coefficient (Wildman–Crippen LogP) is -0.487. The second kappa shape index (κ2) is 3.30. The third-order valence-electron chi connectivity index (χ3n) is 1.97. The molecule has 3 N–H and O–H groups in total. The maximum atomic E-state index is 8.86. The van der Waals surface area contributed by atoms with E-state index in [-0.39, 0.29) is 12.8 Å². The van der Waals surface area contributed by atoms with Crippen molar-refractivity contribution in [3.63, 3.8) is 0 Å². The molecule has 1 heterocycles. The summed E-state index contributed by atoms with van der Waals surface area (Å²) >= 11 is 0. The molecule has 1 aliphatic rings. The highest BCUT2D eigenvalue weighted by Crippen LogP contribution is 2.20. The van der Waals surface area contributed by atoms with Crippen molar-refractivity contribution in [3.8, 4) is 0 Å². The normalized spacial score (nSPS) is 38.5. The third kappa shape index (κ3) is 1.99. The number of aliphatic hydroxyl groups is 1. The molecule has 64 valence electrons. The van der Waals surface area contributed by atoms with E-state index in [2.05, 4.69) is 11.7 Å². The van der Waals surface area contributed by atoms with E-state index in [0.717, 1.165) is 12.8 Å². The first-order valence-electron chi connectivity index (χ1n) is 3.67. The van der Waals surface area contributed by atoms with Gasteiger partial charge in [-0.1, -0.05) is 0 Å². The molecule has 0 radical (unpaired) electrons. The van der Waals surface area contributed by atoms with E-state index >= 15 is 0 Å². The van der Waals surface area contributed by atoms with Crippen molar-refractivity contribution < 1.29 is 9.84 Å². The van der Waals surface area contributed by atoms with Crippen LogP contribution in [0.1, 0.15) is 12.8 Å². The summed E-state index contributed by atoms with van der Waals surface area (Å²) in [6.07, 6.45) is 1.37. The van der Waals surface area contributed by atoms with Crippen molar-refractivity contribution in [2.45, 2.75) is 24.6 Å². The standard InChI is InChI=1S/C7H14N2O2/c1-9-6-2-3-7(8,4-10)5-11-6/h6,10H,1-5,8H2/t6-,7+/m1/s1. The molecule has 1 rings (SSSR count). The average molecular weight is 158 g/mol. The first kappa shape index (κ1) is 8.64. The summed E-state index contributed by atoms with van der Waals surface area (Å²) < 4.78 is 5.22. The van der Waals surface area contributed by atoms with Gasteiger partial charge in [0.2, 0.25) is 0 Å². The Kier molecular flexibility index (Phi) is 2.59. The maximum Gasteiger partial charge on any atom is 0.147 e. The quantitative estimate of drug-likeness (QED) is 0.533. The van der Waals surface area contributed by atoms with Crippen LogP contribution < -0.4 is 5.73 Å². The lowest BCUT2D eigenvalue weighted by atomic mass is 9.94. The smallest absolute Gasteiger partial charge is 0.147 e. The molecule has 2 atom stereocenters. The SMILES string of the molecule is C=N[C@H]1CC[C@](N)(CO)CO1. The first-order chi connectivity index (χ1) is 5.20. The number of hydrogen-bond donors (Lipinski definition) is 2. The van der Waals surface area contributed by atoms with Crippen LogP contribution in [0.3, 0.4) is 0 Å². The molecule has 11 heavy (non-hydrogen) atoms. The zero-order chi connectivity index (χ0) is 8.32. The summed E-state index contributed by atoms with van der Waals surface area (Å²) in [5.41, 5.74) is 5.18. The van der Waals surface area contributed by atoms with Crippen molar-refractivity contribution in [2.24, 2.45) is 10.7 Å². The molecule has 0 bridgehead atoms. The maximum absolute atomic E-state index is 8.86. The summed E-state index contributed by atoms with van der Waals surface area (Å²) in [4.78, 5) is 3.74. The third-order valence-corrected chi connectivity index (χ3v) is 1.97. The van der Waals surface area contributed by atoms with Crippen LogP contribution in [0.5, 0.6) is 0 Å². The molecule has 0 spiro atoms. The average Bonchev–Trinajstić information content (AvgIpc) is 2.06. The van der Waals surface area contributed by atoms with E-state index in [1.165, 1.54) is 0 Å². The van der Waals surface area contributed by atoms with Crippen LogP contribution in [0.2, 0.25) is 0 Å². The van der Waals surface area contributed by atoms with Gasteiger partial charge in [-0.2, -0.15) is 0 Å². The second-order valence-corrected chi connectivity index (χ2v) is 3.01. The number of hydrogen-bond acceptors (Lipinski definition) is 4. The van der Waals surface area contributed by atoms with Crippen LogP contribution >= 0.6 is 0 Å². The second-order valence-electron chi connectivity index (χ2n) is 3.01. The van der Waals surface area contributed by atoms with Gasteiger partial charge in [-0.3, -0.25) is 4.99 Å². The largest absolute Gasteiger partial charge is 0.394 e. The van der Waals surface area contributed by atoms with Crippen LogP contribution in [0, 0.1) is 0 Å². The van der Waals surface area contributed by atoms with E-state index in [1.54, 1.807) is 0 Å². The number of nitrogens with zero attached hydrogens (tertiary/aromatic N) is 1. The zero-order valence-corrected chi connectivity index (χ0v) is 6.49. The van der Waals surface area contributed by atoms with Gasteiger partial charge in [-0.25, -0.2) is 0 Å². The Morgan fingerprint density at radius 2 is 2.55 bits per heavy atom.